The lowest BCUT2D eigenvalue weighted by Crippen LogP contribution is -2.16. The molecule has 106 valence electrons. The lowest BCUT2D eigenvalue weighted by atomic mass is 9.80. The van der Waals surface area contributed by atoms with Crippen molar-refractivity contribution in [2.24, 2.45) is 5.92 Å². The van der Waals surface area contributed by atoms with Crippen molar-refractivity contribution in [3.8, 4) is 0 Å². The van der Waals surface area contributed by atoms with E-state index in [1.54, 1.807) is 0 Å². The maximum absolute atomic E-state index is 3.94. The maximum atomic E-state index is 3.94. The number of rotatable bonds is 4. The van der Waals surface area contributed by atoms with E-state index in [4.69, 9.17) is 0 Å². The van der Waals surface area contributed by atoms with Gasteiger partial charge < -0.3 is 0 Å². The van der Waals surface area contributed by atoms with Crippen molar-refractivity contribution in [1.82, 2.24) is 0 Å². The Hall–Kier alpha value is -0.300. The van der Waals surface area contributed by atoms with Gasteiger partial charge in [0.1, 0.15) is 0 Å². The summed E-state index contributed by atoms with van der Waals surface area (Å²) in [6.07, 6.45) is 8.21. The smallest absolute Gasteiger partial charge is 0.0423 e. The molecule has 1 aromatic carbocycles. The third-order valence-corrected chi connectivity index (χ3v) is 6.23. The minimum absolute atomic E-state index is 0.297. The molecule has 0 spiro atoms. The molecule has 1 heteroatoms. The predicted octanol–water partition coefficient (Wildman–Crippen LogP) is 6.39. The SMILES string of the molecule is CCC(C)(C)c1ccc(C(Br)C2CCCCC2)cc1. The summed E-state index contributed by atoms with van der Waals surface area (Å²) in [5, 5.41) is 0. The van der Waals surface area contributed by atoms with Gasteiger partial charge in [0.05, 0.1) is 0 Å². The zero-order valence-electron chi connectivity index (χ0n) is 12.6. The number of benzene rings is 1. The van der Waals surface area contributed by atoms with Gasteiger partial charge in [-0.15, -0.1) is 0 Å². The van der Waals surface area contributed by atoms with Gasteiger partial charge in [0.25, 0.3) is 0 Å². The molecule has 0 aromatic heterocycles. The monoisotopic (exact) mass is 322 g/mol. The Labute approximate surface area is 127 Å². The van der Waals surface area contributed by atoms with Gasteiger partial charge in [-0.05, 0) is 41.7 Å². The molecule has 0 saturated heterocycles. The molecule has 1 atom stereocenters. The second kappa shape index (κ2) is 6.43. The quantitative estimate of drug-likeness (QED) is 0.563. The minimum Gasteiger partial charge on any atom is -0.0836 e. The van der Waals surface area contributed by atoms with E-state index in [9.17, 15) is 0 Å². The molecule has 1 aliphatic carbocycles. The van der Waals surface area contributed by atoms with Crippen molar-refractivity contribution in [3.63, 3.8) is 0 Å². The average Bonchev–Trinajstić information content (AvgIpc) is 2.47. The molecule has 2 rings (SSSR count). The number of alkyl halides is 1. The fourth-order valence-corrected chi connectivity index (χ4v) is 3.86. The molecule has 1 aliphatic rings. The van der Waals surface area contributed by atoms with Crippen molar-refractivity contribution in [1.29, 1.82) is 0 Å². The van der Waals surface area contributed by atoms with Crippen molar-refractivity contribution in [3.05, 3.63) is 35.4 Å². The van der Waals surface area contributed by atoms with Crippen LogP contribution < -0.4 is 0 Å². The van der Waals surface area contributed by atoms with Gasteiger partial charge in [0.2, 0.25) is 0 Å². The van der Waals surface area contributed by atoms with E-state index >= 15 is 0 Å². The number of hydrogen-bond donors (Lipinski definition) is 0. The van der Waals surface area contributed by atoms with Crippen molar-refractivity contribution < 1.29 is 0 Å². The van der Waals surface area contributed by atoms with E-state index in [0.29, 0.717) is 10.2 Å². The Kier molecular flexibility index (Phi) is 5.11. The van der Waals surface area contributed by atoms with Gasteiger partial charge in [0, 0.05) is 4.83 Å². The van der Waals surface area contributed by atoms with Gasteiger partial charge in [-0.3, -0.25) is 0 Å². The molecule has 0 radical (unpaired) electrons. The van der Waals surface area contributed by atoms with Gasteiger partial charge >= 0.3 is 0 Å². The Morgan fingerprint density at radius 3 is 2.21 bits per heavy atom. The summed E-state index contributed by atoms with van der Waals surface area (Å²) in [6, 6.07) is 9.33. The van der Waals surface area contributed by atoms with E-state index in [-0.39, 0.29) is 0 Å². The van der Waals surface area contributed by atoms with Crippen molar-refractivity contribution in [2.45, 2.75) is 69.5 Å². The topological polar surface area (TPSA) is 0 Å². The van der Waals surface area contributed by atoms with Crippen LogP contribution in [0.15, 0.2) is 24.3 Å². The Morgan fingerprint density at radius 2 is 1.68 bits per heavy atom. The summed E-state index contributed by atoms with van der Waals surface area (Å²) in [5.41, 5.74) is 3.22. The predicted molar refractivity (Wildman–Crippen MR) is 88.0 cm³/mol. The summed E-state index contributed by atoms with van der Waals surface area (Å²) in [6.45, 7) is 6.92. The van der Waals surface area contributed by atoms with Crippen LogP contribution in [0.4, 0.5) is 0 Å². The van der Waals surface area contributed by atoms with Crippen LogP contribution in [0, 0.1) is 5.92 Å². The first-order valence-corrected chi connectivity index (χ1v) is 8.70. The van der Waals surface area contributed by atoms with Crippen LogP contribution in [0.5, 0.6) is 0 Å². The third kappa shape index (κ3) is 3.62. The molecule has 0 bridgehead atoms. The molecule has 0 aliphatic heterocycles. The highest BCUT2D eigenvalue weighted by Gasteiger charge is 2.23. The molecule has 1 aromatic rings. The first kappa shape index (κ1) is 15.1. The highest BCUT2D eigenvalue weighted by atomic mass is 79.9. The summed E-state index contributed by atoms with van der Waals surface area (Å²) >= 11 is 3.94. The first-order chi connectivity index (χ1) is 9.04. The van der Waals surface area contributed by atoms with E-state index < -0.39 is 0 Å². The van der Waals surface area contributed by atoms with Gasteiger partial charge in [0.15, 0.2) is 0 Å². The summed E-state index contributed by atoms with van der Waals surface area (Å²) in [5.74, 6) is 0.832. The van der Waals surface area contributed by atoms with Gasteiger partial charge in [-0.2, -0.15) is 0 Å². The second-order valence-electron chi connectivity index (χ2n) is 6.66. The number of halogens is 1. The Balaban J connectivity index is 2.09. The standard InChI is InChI=1S/C18H27Br/c1-4-18(2,3)16-12-10-15(11-13-16)17(19)14-8-6-5-7-9-14/h10-14,17H,4-9H2,1-3H3. The Bertz CT molecular complexity index is 385. The average molecular weight is 323 g/mol. The van der Waals surface area contributed by atoms with E-state index in [2.05, 4.69) is 61.0 Å². The van der Waals surface area contributed by atoms with E-state index in [1.165, 1.54) is 49.7 Å². The fourth-order valence-electron chi connectivity index (χ4n) is 3.02. The molecule has 19 heavy (non-hydrogen) atoms. The fraction of sp³-hybridized carbons (Fsp3) is 0.667. The summed E-state index contributed by atoms with van der Waals surface area (Å²) in [4.78, 5) is 0.548. The highest BCUT2D eigenvalue weighted by molar-refractivity contribution is 9.09. The summed E-state index contributed by atoms with van der Waals surface area (Å²) in [7, 11) is 0. The zero-order chi connectivity index (χ0) is 13.9. The van der Waals surface area contributed by atoms with Crippen LogP contribution in [0.2, 0.25) is 0 Å². The van der Waals surface area contributed by atoms with Gasteiger partial charge in [-0.1, -0.05) is 80.2 Å². The summed E-state index contributed by atoms with van der Waals surface area (Å²) < 4.78 is 0. The third-order valence-electron chi connectivity index (χ3n) is 4.96. The van der Waals surface area contributed by atoms with Crippen LogP contribution in [0.1, 0.15) is 75.3 Å². The van der Waals surface area contributed by atoms with Crippen LogP contribution >= 0.6 is 15.9 Å². The van der Waals surface area contributed by atoms with Crippen LogP contribution in [-0.2, 0) is 5.41 Å². The molecule has 0 N–H and O–H groups in total. The molecule has 1 unspecified atom stereocenters. The second-order valence-corrected chi connectivity index (χ2v) is 7.65. The van der Waals surface area contributed by atoms with Crippen molar-refractivity contribution >= 4 is 15.9 Å². The lowest BCUT2D eigenvalue weighted by molar-refractivity contribution is 0.354. The number of hydrogen-bond acceptors (Lipinski definition) is 0. The molecule has 1 fully saturated rings. The molecule has 0 amide bonds. The minimum atomic E-state index is 0.297. The van der Waals surface area contributed by atoms with Crippen LogP contribution in [-0.4, -0.2) is 0 Å². The van der Waals surface area contributed by atoms with Crippen molar-refractivity contribution in [2.75, 3.05) is 0 Å². The normalized spacial score (nSPS) is 19.4. The molecule has 0 nitrogen and oxygen atoms in total. The molecule has 1 saturated carbocycles. The van der Waals surface area contributed by atoms with Crippen LogP contribution in [0.3, 0.4) is 0 Å². The largest absolute Gasteiger partial charge is 0.0836 e. The van der Waals surface area contributed by atoms with E-state index in [1.807, 2.05) is 0 Å². The lowest BCUT2D eigenvalue weighted by Gasteiger charge is -2.28. The maximum Gasteiger partial charge on any atom is 0.0423 e. The first-order valence-electron chi connectivity index (χ1n) is 7.79. The molecular weight excluding hydrogens is 296 g/mol. The zero-order valence-corrected chi connectivity index (χ0v) is 14.2. The van der Waals surface area contributed by atoms with Crippen LogP contribution in [0.25, 0.3) is 0 Å². The highest BCUT2D eigenvalue weighted by Crippen LogP contribution is 2.40. The van der Waals surface area contributed by atoms with Gasteiger partial charge in [-0.25, -0.2) is 0 Å². The molecule has 0 heterocycles. The van der Waals surface area contributed by atoms with E-state index in [0.717, 1.165) is 5.92 Å². The molecular formula is C18H27Br. The Morgan fingerprint density at radius 1 is 1.11 bits per heavy atom.